The first-order valence-corrected chi connectivity index (χ1v) is 6.53. The number of hydrogen-bond donors (Lipinski definition) is 1. The first-order valence-electron chi connectivity index (χ1n) is 6.53. The summed E-state index contributed by atoms with van der Waals surface area (Å²) in [5.74, 6) is 1.05. The molecular formula is C13H23NO3. The second-order valence-electron chi connectivity index (χ2n) is 6.24. The lowest BCUT2D eigenvalue weighted by molar-refractivity contribution is 0.0140. The van der Waals surface area contributed by atoms with E-state index in [2.05, 4.69) is 0 Å². The zero-order valence-electron chi connectivity index (χ0n) is 11.0. The van der Waals surface area contributed by atoms with E-state index in [1.807, 2.05) is 20.8 Å². The highest BCUT2D eigenvalue weighted by molar-refractivity contribution is 5.69. The average molecular weight is 241 g/mol. The molecule has 4 nitrogen and oxygen atoms in total. The number of ether oxygens (including phenoxy) is 1. The highest BCUT2D eigenvalue weighted by Crippen LogP contribution is 2.42. The largest absolute Gasteiger partial charge is 0.444 e. The van der Waals surface area contributed by atoms with Gasteiger partial charge in [-0.15, -0.1) is 0 Å². The number of nitrogens with zero attached hydrogens (tertiary/aromatic N) is 1. The molecule has 0 aromatic carbocycles. The van der Waals surface area contributed by atoms with Crippen molar-refractivity contribution in [3.05, 3.63) is 0 Å². The number of fused-ring (bicyclic) bond motifs is 1. The summed E-state index contributed by atoms with van der Waals surface area (Å²) in [4.78, 5) is 13.8. The number of aliphatic hydroxyl groups excluding tert-OH is 1. The molecule has 0 aromatic rings. The van der Waals surface area contributed by atoms with Crippen LogP contribution in [0.4, 0.5) is 4.79 Å². The Labute approximate surface area is 103 Å². The van der Waals surface area contributed by atoms with Crippen LogP contribution in [0, 0.1) is 11.8 Å². The van der Waals surface area contributed by atoms with Crippen LogP contribution in [0.3, 0.4) is 0 Å². The first-order chi connectivity index (χ1) is 7.92. The van der Waals surface area contributed by atoms with E-state index >= 15 is 0 Å². The third kappa shape index (κ3) is 2.57. The van der Waals surface area contributed by atoms with Crippen LogP contribution in [0.1, 0.15) is 40.0 Å². The molecule has 4 heteroatoms. The molecule has 2 rings (SSSR count). The lowest BCUT2D eigenvalue weighted by Gasteiger charge is -2.29. The molecule has 1 N–H and O–H groups in total. The van der Waals surface area contributed by atoms with Gasteiger partial charge in [-0.1, -0.05) is 6.42 Å². The summed E-state index contributed by atoms with van der Waals surface area (Å²) < 4.78 is 5.39. The van der Waals surface area contributed by atoms with Gasteiger partial charge in [-0.05, 0) is 45.4 Å². The van der Waals surface area contributed by atoms with Gasteiger partial charge in [-0.2, -0.15) is 0 Å². The molecule has 98 valence electrons. The molecule has 2 aliphatic rings. The van der Waals surface area contributed by atoms with Crippen LogP contribution < -0.4 is 0 Å². The number of aliphatic hydroxyl groups is 1. The molecule has 0 radical (unpaired) electrons. The van der Waals surface area contributed by atoms with Crippen molar-refractivity contribution in [2.75, 3.05) is 13.2 Å². The lowest BCUT2D eigenvalue weighted by Crippen LogP contribution is -2.43. The number of carbonyl (C=O) groups excluding carboxylic acids is 1. The second kappa shape index (κ2) is 4.48. The maximum Gasteiger partial charge on any atom is 0.410 e. The fourth-order valence-corrected chi connectivity index (χ4v) is 3.18. The molecule has 1 saturated heterocycles. The minimum Gasteiger partial charge on any atom is -0.444 e. The van der Waals surface area contributed by atoms with E-state index in [1.165, 1.54) is 12.8 Å². The van der Waals surface area contributed by atoms with Crippen LogP contribution in [0.15, 0.2) is 0 Å². The van der Waals surface area contributed by atoms with Crippen molar-refractivity contribution in [3.8, 4) is 0 Å². The van der Waals surface area contributed by atoms with Gasteiger partial charge in [0.25, 0.3) is 0 Å². The van der Waals surface area contributed by atoms with E-state index in [0.717, 1.165) is 13.0 Å². The average Bonchev–Trinajstić information content (AvgIpc) is 2.72. The SMILES string of the molecule is CC(C)(C)OC(=O)N1CC2CCCC2C1CO. The molecule has 0 aromatic heterocycles. The monoisotopic (exact) mass is 241 g/mol. The normalized spacial score (nSPS) is 32.7. The molecule has 0 bridgehead atoms. The molecule has 1 heterocycles. The smallest absolute Gasteiger partial charge is 0.410 e. The van der Waals surface area contributed by atoms with E-state index in [0.29, 0.717) is 11.8 Å². The topological polar surface area (TPSA) is 49.8 Å². The van der Waals surface area contributed by atoms with Crippen molar-refractivity contribution in [1.29, 1.82) is 0 Å². The van der Waals surface area contributed by atoms with Crippen molar-refractivity contribution < 1.29 is 14.6 Å². The summed E-state index contributed by atoms with van der Waals surface area (Å²) in [5.41, 5.74) is -0.464. The number of carbonyl (C=O) groups is 1. The molecule has 1 aliphatic carbocycles. The Bertz CT molecular complexity index is 298. The molecular weight excluding hydrogens is 218 g/mol. The van der Waals surface area contributed by atoms with Crippen molar-refractivity contribution in [1.82, 2.24) is 4.90 Å². The van der Waals surface area contributed by atoms with Gasteiger partial charge in [0.05, 0.1) is 12.6 Å². The number of rotatable bonds is 1. The quantitative estimate of drug-likeness (QED) is 0.764. The minimum atomic E-state index is -0.464. The summed E-state index contributed by atoms with van der Waals surface area (Å²) in [6, 6.07) is -0.0302. The zero-order chi connectivity index (χ0) is 12.6. The summed E-state index contributed by atoms with van der Waals surface area (Å²) in [6.45, 7) is 6.42. The van der Waals surface area contributed by atoms with E-state index in [9.17, 15) is 9.90 Å². The van der Waals surface area contributed by atoms with E-state index in [1.54, 1.807) is 4.90 Å². The number of hydrogen-bond acceptors (Lipinski definition) is 3. The summed E-state index contributed by atoms with van der Waals surface area (Å²) >= 11 is 0. The van der Waals surface area contributed by atoms with Gasteiger partial charge < -0.3 is 14.7 Å². The maximum absolute atomic E-state index is 12.1. The Morgan fingerprint density at radius 3 is 2.71 bits per heavy atom. The third-order valence-electron chi connectivity index (χ3n) is 3.86. The number of amides is 1. The highest BCUT2D eigenvalue weighted by Gasteiger charge is 2.46. The van der Waals surface area contributed by atoms with Gasteiger partial charge in [0, 0.05) is 6.54 Å². The van der Waals surface area contributed by atoms with Crippen LogP contribution in [0.2, 0.25) is 0 Å². The molecule has 1 saturated carbocycles. The molecule has 3 atom stereocenters. The predicted octanol–water partition coefficient (Wildman–Crippen LogP) is 2.01. The number of likely N-dealkylation sites (tertiary alicyclic amines) is 1. The van der Waals surface area contributed by atoms with Crippen molar-refractivity contribution in [2.24, 2.45) is 11.8 Å². The molecule has 17 heavy (non-hydrogen) atoms. The van der Waals surface area contributed by atoms with Gasteiger partial charge in [-0.3, -0.25) is 0 Å². The molecule has 2 fully saturated rings. The van der Waals surface area contributed by atoms with Crippen LogP contribution in [-0.2, 0) is 4.74 Å². The van der Waals surface area contributed by atoms with Crippen LogP contribution in [0.25, 0.3) is 0 Å². The van der Waals surface area contributed by atoms with Crippen LogP contribution >= 0.6 is 0 Å². The third-order valence-corrected chi connectivity index (χ3v) is 3.86. The van der Waals surface area contributed by atoms with E-state index in [4.69, 9.17) is 4.74 Å². The van der Waals surface area contributed by atoms with Crippen molar-refractivity contribution >= 4 is 6.09 Å². The van der Waals surface area contributed by atoms with Crippen LogP contribution in [-0.4, -0.2) is 40.9 Å². The first kappa shape index (κ1) is 12.7. The minimum absolute atomic E-state index is 0.0302. The molecule has 3 unspecified atom stereocenters. The Balaban J connectivity index is 2.03. The highest BCUT2D eigenvalue weighted by atomic mass is 16.6. The van der Waals surface area contributed by atoms with Crippen molar-refractivity contribution in [2.45, 2.75) is 51.7 Å². The fraction of sp³-hybridized carbons (Fsp3) is 0.923. The van der Waals surface area contributed by atoms with Gasteiger partial charge in [0.1, 0.15) is 5.60 Å². The predicted molar refractivity (Wildman–Crippen MR) is 64.6 cm³/mol. The zero-order valence-corrected chi connectivity index (χ0v) is 11.0. The molecule has 0 spiro atoms. The Kier molecular flexibility index (Phi) is 3.34. The summed E-state index contributed by atoms with van der Waals surface area (Å²) in [5, 5.41) is 9.48. The van der Waals surface area contributed by atoms with E-state index < -0.39 is 5.60 Å². The standard InChI is InChI=1S/C13H23NO3/c1-13(2,3)17-12(16)14-7-9-5-4-6-10(9)11(14)8-15/h9-11,15H,4-8H2,1-3H3. The summed E-state index contributed by atoms with van der Waals surface area (Å²) in [7, 11) is 0. The van der Waals surface area contributed by atoms with E-state index in [-0.39, 0.29) is 18.7 Å². The van der Waals surface area contributed by atoms with Gasteiger partial charge in [-0.25, -0.2) is 4.79 Å². The Morgan fingerprint density at radius 2 is 2.12 bits per heavy atom. The van der Waals surface area contributed by atoms with Gasteiger partial charge >= 0.3 is 6.09 Å². The lowest BCUT2D eigenvalue weighted by atomic mass is 9.94. The van der Waals surface area contributed by atoms with Gasteiger partial charge in [0.15, 0.2) is 0 Å². The fourth-order valence-electron chi connectivity index (χ4n) is 3.18. The Hall–Kier alpha value is -0.770. The molecule has 1 aliphatic heterocycles. The molecule has 1 amide bonds. The van der Waals surface area contributed by atoms with Crippen molar-refractivity contribution in [3.63, 3.8) is 0 Å². The summed E-state index contributed by atoms with van der Waals surface area (Å²) in [6.07, 6.45) is 3.27. The van der Waals surface area contributed by atoms with Crippen LogP contribution in [0.5, 0.6) is 0 Å². The maximum atomic E-state index is 12.1. The second-order valence-corrected chi connectivity index (χ2v) is 6.24. The Morgan fingerprint density at radius 1 is 1.41 bits per heavy atom. The van der Waals surface area contributed by atoms with Gasteiger partial charge in [0.2, 0.25) is 0 Å².